The van der Waals surface area contributed by atoms with Gasteiger partial charge in [-0.05, 0) is 37.3 Å². The van der Waals surface area contributed by atoms with Gasteiger partial charge in [-0.3, -0.25) is 4.57 Å². The highest BCUT2D eigenvalue weighted by atomic mass is 16.4. The number of hydrogen-bond donors (Lipinski definition) is 1. The van der Waals surface area contributed by atoms with Crippen molar-refractivity contribution in [3.8, 4) is 0 Å². The fourth-order valence-electron chi connectivity index (χ4n) is 3.91. The molecule has 0 radical (unpaired) electrons. The topological polar surface area (TPSA) is 68.0 Å². The molecule has 130 valence electrons. The number of pyridine rings is 1. The fraction of sp³-hybridized carbons (Fsp3) is 0.632. The molecule has 24 heavy (non-hydrogen) atoms. The van der Waals surface area contributed by atoms with Gasteiger partial charge in [-0.2, -0.15) is 0 Å². The first-order valence-electron chi connectivity index (χ1n) is 9.16. The third-order valence-electron chi connectivity index (χ3n) is 5.22. The molecule has 0 aliphatic heterocycles. The minimum Gasteiger partial charge on any atom is -0.480 e. The monoisotopic (exact) mass is 329 g/mol. The van der Waals surface area contributed by atoms with E-state index in [4.69, 9.17) is 4.98 Å². The van der Waals surface area contributed by atoms with Crippen molar-refractivity contribution in [2.45, 2.75) is 71.3 Å². The van der Waals surface area contributed by atoms with Crippen molar-refractivity contribution in [2.75, 3.05) is 0 Å². The molecular weight excluding hydrogens is 302 g/mol. The SMILES string of the molecule is CCC(C(=O)O)n1c(CCC2CCCCC2)nc2cc(C)cnc21. The van der Waals surface area contributed by atoms with Crippen LogP contribution in [-0.4, -0.2) is 25.6 Å². The minimum atomic E-state index is -0.807. The van der Waals surface area contributed by atoms with Crippen molar-refractivity contribution in [3.63, 3.8) is 0 Å². The largest absolute Gasteiger partial charge is 0.480 e. The molecule has 0 aromatic carbocycles. The Hall–Kier alpha value is -1.91. The Morgan fingerprint density at radius 3 is 2.79 bits per heavy atom. The summed E-state index contributed by atoms with van der Waals surface area (Å²) in [5.41, 5.74) is 2.57. The summed E-state index contributed by atoms with van der Waals surface area (Å²) in [6, 6.07) is 1.41. The van der Waals surface area contributed by atoms with Crippen LogP contribution in [0.5, 0.6) is 0 Å². The second-order valence-corrected chi connectivity index (χ2v) is 7.06. The maximum absolute atomic E-state index is 11.7. The lowest BCUT2D eigenvalue weighted by Crippen LogP contribution is -2.21. The lowest BCUT2D eigenvalue weighted by Gasteiger charge is -2.22. The quantitative estimate of drug-likeness (QED) is 0.858. The van der Waals surface area contributed by atoms with Crippen molar-refractivity contribution in [3.05, 3.63) is 23.7 Å². The third-order valence-corrected chi connectivity index (χ3v) is 5.22. The summed E-state index contributed by atoms with van der Waals surface area (Å²) in [6.07, 6.45) is 10.9. The zero-order valence-corrected chi connectivity index (χ0v) is 14.7. The normalized spacial score (nSPS) is 17.2. The molecule has 1 atom stereocenters. The summed E-state index contributed by atoms with van der Waals surface area (Å²) in [7, 11) is 0. The first-order valence-corrected chi connectivity index (χ1v) is 9.16. The molecule has 0 bridgehead atoms. The van der Waals surface area contributed by atoms with E-state index in [1.807, 2.05) is 24.5 Å². The maximum atomic E-state index is 11.7. The molecule has 1 saturated carbocycles. The van der Waals surface area contributed by atoms with Crippen LogP contribution in [0, 0.1) is 12.8 Å². The molecule has 0 saturated heterocycles. The Morgan fingerprint density at radius 2 is 2.12 bits per heavy atom. The molecule has 0 amide bonds. The lowest BCUT2D eigenvalue weighted by atomic mass is 9.86. The number of aliphatic carboxylic acids is 1. The molecule has 1 N–H and O–H groups in total. The van der Waals surface area contributed by atoms with Gasteiger partial charge in [0.25, 0.3) is 0 Å². The number of carbonyl (C=O) groups is 1. The van der Waals surface area contributed by atoms with Crippen LogP contribution in [0.15, 0.2) is 12.3 Å². The summed E-state index contributed by atoms with van der Waals surface area (Å²) < 4.78 is 1.86. The maximum Gasteiger partial charge on any atom is 0.326 e. The van der Waals surface area contributed by atoms with Gasteiger partial charge in [0, 0.05) is 12.6 Å². The molecule has 2 heterocycles. The van der Waals surface area contributed by atoms with Crippen LogP contribution in [-0.2, 0) is 11.2 Å². The molecule has 1 fully saturated rings. The molecule has 0 spiro atoms. The third kappa shape index (κ3) is 3.45. The van der Waals surface area contributed by atoms with Crippen LogP contribution in [0.2, 0.25) is 0 Å². The van der Waals surface area contributed by atoms with Crippen LogP contribution in [0.3, 0.4) is 0 Å². The van der Waals surface area contributed by atoms with E-state index in [2.05, 4.69) is 4.98 Å². The first-order chi connectivity index (χ1) is 11.6. The number of carboxylic acids is 1. The molecule has 1 aliphatic rings. The number of aryl methyl sites for hydroxylation is 2. The summed E-state index contributed by atoms with van der Waals surface area (Å²) >= 11 is 0. The van der Waals surface area contributed by atoms with Gasteiger partial charge in [-0.15, -0.1) is 0 Å². The van der Waals surface area contributed by atoms with Crippen molar-refractivity contribution in [1.29, 1.82) is 0 Å². The average Bonchev–Trinajstić information content (AvgIpc) is 2.92. The Morgan fingerprint density at radius 1 is 1.38 bits per heavy atom. The highest BCUT2D eigenvalue weighted by Crippen LogP contribution is 2.29. The van der Waals surface area contributed by atoms with E-state index in [1.165, 1.54) is 32.1 Å². The van der Waals surface area contributed by atoms with E-state index in [0.29, 0.717) is 12.1 Å². The van der Waals surface area contributed by atoms with Gasteiger partial charge >= 0.3 is 5.97 Å². The predicted molar refractivity (Wildman–Crippen MR) is 94.1 cm³/mol. The van der Waals surface area contributed by atoms with E-state index in [0.717, 1.165) is 35.7 Å². The van der Waals surface area contributed by atoms with Crippen LogP contribution < -0.4 is 0 Å². The van der Waals surface area contributed by atoms with E-state index >= 15 is 0 Å². The number of nitrogens with zero attached hydrogens (tertiary/aromatic N) is 3. The molecule has 1 aliphatic carbocycles. The summed E-state index contributed by atoms with van der Waals surface area (Å²) in [4.78, 5) is 21.0. The number of hydrogen-bond acceptors (Lipinski definition) is 3. The van der Waals surface area contributed by atoms with Crippen molar-refractivity contribution >= 4 is 17.1 Å². The van der Waals surface area contributed by atoms with E-state index in [1.54, 1.807) is 6.20 Å². The highest BCUT2D eigenvalue weighted by Gasteiger charge is 2.25. The number of carboxylic acid groups (broad SMARTS) is 1. The van der Waals surface area contributed by atoms with Crippen molar-refractivity contribution < 1.29 is 9.90 Å². The minimum absolute atomic E-state index is 0.535. The smallest absolute Gasteiger partial charge is 0.326 e. The Labute approximate surface area is 143 Å². The van der Waals surface area contributed by atoms with E-state index in [9.17, 15) is 9.90 Å². The summed E-state index contributed by atoms with van der Waals surface area (Å²) in [6.45, 7) is 3.89. The van der Waals surface area contributed by atoms with E-state index in [-0.39, 0.29) is 0 Å². The second-order valence-electron chi connectivity index (χ2n) is 7.06. The average molecular weight is 329 g/mol. The predicted octanol–water partition coefficient (Wildman–Crippen LogP) is 4.29. The standard InChI is InChI=1S/C19H27N3O2/c1-3-16(19(23)24)22-17(10-9-14-7-5-4-6-8-14)21-15-11-13(2)12-20-18(15)22/h11-12,14,16H,3-10H2,1-2H3,(H,23,24). The summed E-state index contributed by atoms with van der Waals surface area (Å²) in [5.74, 6) is 0.827. The Balaban J connectivity index is 1.93. The Kier molecular flexibility index (Phi) is 5.17. The Bertz CT molecular complexity index is 717. The lowest BCUT2D eigenvalue weighted by molar-refractivity contribution is -0.141. The molecule has 1 unspecified atom stereocenters. The van der Waals surface area contributed by atoms with Gasteiger partial charge in [0.2, 0.25) is 0 Å². The zero-order valence-electron chi connectivity index (χ0n) is 14.7. The molecule has 3 rings (SSSR count). The molecule has 5 nitrogen and oxygen atoms in total. The van der Waals surface area contributed by atoms with Gasteiger partial charge < -0.3 is 5.11 Å². The van der Waals surface area contributed by atoms with Gasteiger partial charge in [0.15, 0.2) is 5.65 Å². The van der Waals surface area contributed by atoms with Crippen LogP contribution in [0.4, 0.5) is 0 Å². The van der Waals surface area contributed by atoms with Gasteiger partial charge in [0.05, 0.1) is 0 Å². The number of fused-ring (bicyclic) bond motifs is 1. The second kappa shape index (κ2) is 7.32. The molecular formula is C19H27N3O2. The fourth-order valence-corrected chi connectivity index (χ4v) is 3.91. The van der Waals surface area contributed by atoms with Crippen LogP contribution in [0.1, 0.15) is 69.3 Å². The molecule has 2 aromatic rings. The molecule has 2 aromatic heterocycles. The first kappa shape index (κ1) is 16.9. The number of rotatable bonds is 6. The van der Waals surface area contributed by atoms with Gasteiger partial charge in [-0.25, -0.2) is 14.8 Å². The zero-order chi connectivity index (χ0) is 17.1. The molecule has 5 heteroatoms. The highest BCUT2D eigenvalue weighted by molar-refractivity contribution is 5.78. The number of aromatic nitrogens is 3. The van der Waals surface area contributed by atoms with Crippen LogP contribution >= 0.6 is 0 Å². The van der Waals surface area contributed by atoms with E-state index < -0.39 is 12.0 Å². The summed E-state index contributed by atoms with van der Waals surface area (Å²) in [5, 5.41) is 9.62. The van der Waals surface area contributed by atoms with Crippen molar-refractivity contribution in [2.24, 2.45) is 5.92 Å². The van der Waals surface area contributed by atoms with Crippen LogP contribution in [0.25, 0.3) is 11.2 Å². The van der Waals surface area contributed by atoms with Gasteiger partial charge in [-0.1, -0.05) is 39.0 Å². The number of imidazole rings is 1. The van der Waals surface area contributed by atoms with Gasteiger partial charge in [0.1, 0.15) is 17.4 Å². The van der Waals surface area contributed by atoms with Crippen molar-refractivity contribution in [1.82, 2.24) is 14.5 Å².